The second-order valence-electron chi connectivity index (χ2n) is 5.55. The summed E-state index contributed by atoms with van der Waals surface area (Å²) in [5, 5.41) is 12.3. The Morgan fingerprint density at radius 1 is 1.24 bits per heavy atom. The predicted molar refractivity (Wildman–Crippen MR) is 67.3 cm³/mol. The minimum absolute atomic E-state index is 0.673. The molecule has 0 saturated heterocycles. The summed E-state index contributed by atoms with van der Waals surface area (Å²) in [5.41, 5.74) is 2.69. The molecule has 0 heterocycles. The molecule has 0 bridgehead atoms. The van der Waals surface area contributed by atoms with Crippen LogP contribution < -0.4 is 5.32 Å². The first-order valence-electron chi connectivity index (χ1n) is 6.52. The maximum Gasteiger partial charge on any atom is 0.0991 e. The maximum atomic E-state index is 8.72. The van der Waals surface area contributed by atoms with Gasteiger partial charge in [0, 0.05) is 13.1 Å². The zero-order chi connectivity index (χ0) is 11.7. The molecular formula is C15H18N2. The summed E-state index contributed by atoms with van der Waals surface area (Å²) in [7, 11) is 0. The van der Waals surface area contributed by atoms with Crippen molar-refractivity contribution in [3.63, 3.8) is 0 Å². The Bertz CT molecular complexity index is 433. The van der Waals surface area contributed by atoms with Crippen LogP contribution >= 0.6 is 0 Å². The second kappa shape index (κ2) is 4.16. The number of rotatable bonds is 5. The third kappa shape index (κ3) is 2.35. The van der Waals surface area contributed by atoms with E-state index < -0.39 is 0 Å². The summed E-state index contributed by atoms with van der Waals surface area (Å²) in [6, 6.07) is 10.0. The number of nitrogens with one attached hydrogen (secondary N) is 1. The summed E-state index contributed by atoms with van der Waals surface area (Å²) >= 11 is 0. The first-order chi connectivity index (χ1) is 8.32. The van der Waals surface area contributed by atoms with Crippen molar-refractivity contribution in [2.24, 2.45) is 11.3 Å². The molecule has 1 N–H and O–H groups in total. The van der Waals surface area contributed by atoms with Gasteiger partial charge in [-0.25, -0.2) is 0 Å². The number of nitrogens with zero attached hydrogens (tertiary/aromatic N) is 1. The van der Waals surface area contributed by atoms with Crippen molar-refractivity contribution in [3.05, 3.63) is 35.4 Å². The standard InChI is InChI=1S/C15H18N2/c16-9-12-1-3-13(4-2-12)10-17-11-15(7-8-15)14-5-6-14/h1-4,14,17H,5-8,10-11H2. The van der Waals surface area contributed by atoms with Crippen LogP contribution in [0.4, 0.5) is 0 Å². The first-order valence-corrected chi connectivity index (χ1v) is 6.52. The molecule has 0 aliphatic heterocycles. The lowest BCUT2D eigenvalue weighted by Crippen LogP contribution is -2.24. The summed E-state index contributed by atoms with van der Waals surface area (Å²) < 4.78 is 0. The second-order valence-corrected chi connectivity index (χ2v) is 5.55. The van der Waals surface area contributed by atoms with Gasteiger partial charge in [0.1, 0.15) is 0 Å². The summed E-state index contributed by atoms with van der Waals surface area (Å²) in [5.74, 6) is 1.02. The van der Waals surface area contributed by atoms with Crippen molar-refractivity contribution in [1.82, 2.24) is 5.32 Å². The Morgan fingerprint density at radius 3 is 2.47 bits per heavy atom. The molecule has 0 atom stereocenters. The van der Waals surface area contributed by atoms with E-state index in [1.54, 1.807) is 0 Å². The predicted octanol–water partition coefficient (Wildman–Crippen LogP) is 2.84. The van der Waals surface area contributed by atoms with E-state index in [1.807, 2.05) is 24.3 Å². The van der Waals surface area contributed by atoms with Crippen molar-refractivity contribution in [1.29, 1.82) is 5.26 Å². The maximum absolute atomic E-state index is 8.72. The van der Waals surface area contributed by atoms with Crippen LogP contribution in [0.25, 0.3) is 0 Å². The first kappa shape index (κ1) is 10.8. The molecule has 0 aromatic heterocycles. The highest BCUT2D eigenvalue weighted by atomic mass is 14.9. The topological polar surface area (TPSA) is 35.8 Å². The highest BCUT2D eigenvalue weighted by Crippen LogP contribution is 2.60. The largest absolute Gasteiger partial charge is 0.312 e. The molecule has 2 heteroatoms. The molecule has 2 fully saturated rings. The van der Waals surface area contributed by atoms with Crippen LogP contribution in [-0.2, 0) is 6.54 Å². The Morgan fingerprint density at radius 2 is 1.94 bits per heavy atom. The average molecular weight is 226 g/mol. The van der Waals surface area contributed by atoms with Crippen LogP contribution in [0.15, 0.2) is 24.3 Å². The van der Waals surface area contributed by atoms with E-state index in [4.69, 9.17) is 5.26 Å². The normalized spacial score (nSPS) is 20.9. The molecule has 2 aliphatic carbocycles. The molecule has 0 amide bonds. The van der Waals surface area contributed by atoms with Crippen molar-refractivity contribution in [3.8, 4) is 6.07 Å². The van der Waals surface area contributed by atoms with E-state index in [0.29, 0.717) is 5.41 Å². The number of benzene rings is 1. The SMILES string of the molecule is N#Cc1ccc(CNCC2(C3CC3)CC2)cc1. The minimum atomic E-state index is 0.673. The van der Waals surface area contributed by atoms with Gasteiger partial charge in [-0.1, -0.05) is 12.1 Å². The summed E-state index contributed by atoms with van der Waals surface area (Å²) in [4.78, 5) is 0. The lowest BCUT2D eigenvalue weighted by molar-refractivity contribution is 0.403. The highest BCUT2D eigenvalue weighted by molar-refractivity contribution is 5.31. The fourth-order valence-electron chi connectivity index (χ4n) is 2.74. The molecular weight excluding hydrogens is 208 g/mol. The Labute approximate surface area is 103 Å². The van der Waals surface area contributed by atoms with E-state index >= 15 is 0 Å². The fraction of sp³-hybridized carbons (Fsp3) is 0.533. The molecule has 1 aromatic carbocycles. The molecule has 2 saturated carbocycles. The lowest BCUT2D eigenvalue weighted by Gasteiger charge is -2.14. The van der Waals surface area contributed by atoms with Crippen LogP contribution in [0.5, 0.6) is 0 Å². The molecule has 0 radical (unpaired) electrons. The Hall–Kier alpha value is -1.33. The molecule has 2 nitrogen and oxygen atoms in total. The van der Waals surface area contributed by atoms with Gasteiger partial charge in [-0.15, -0.1) is 0 Å². The Balaban J connectivity index is 1.49. The quantitative estimate of drug-likeness (QED) is 0.838. The van der Waals surface area contributed by atoms with Gasteiger partial charge in [-0.2, -0.15) is 5.26 Å². The van der Waals surface area contributed by atoms with Crippen LogP contribution in [-0.4, -0.2) is 6.54 Å². The van der Waals surface area contributed by atoms with E-state index in [-0.39, 0.29) is 0 Å². The number of nitriles is 1. The van der Waals surface area contributed by atoms with Gasteiger partial charge in [0.05, 0.1) is 11.6 Å². The fourth-order valence-corrected chi connectivity index (χ4v) is 2.74. The van der Waals surface area contributed by atoms with Gasteiger partial charge in [-0.05, 0) is 54.7 Å². The van der Waals surface area contributed by atoms with Crippen molar-refractivity contribution in [2.75, 3.05) is 6.54 Å². The lowest BCUT2D eigenvalue weighted by atomic mass is 10.0. The zero-order valence-corrected chi connectivity index (χ0v) is 10.1. The molecule has 3 rings (SSSR count). The zero-order valence-electron chi connectivity index (χ0n) is 10.1. The molecule has 17 heavy (non-hydrogen) atoms. The Kier molecular flexibility index (Phi) is 2.64. The van der Waals surface area contributed by atoms with Crippen LogP contribution in [0.2, 0.25) is 0 Å². The van der Waals surface area contributed by atoms with Crippen molar-refractivity contribution in [2.45, 2.75) is 32.2 Å². The molecule has 0 spiro atoms. The molecule has 88 valence electrons. The molecule has 0 unspecified atom stereocenters. The van der Waals surface area contributed by atoms with Gasteiger partial charge in [0.2, 0.25) is 0 Å². The third-order valence-electron chi connectivity index (χ3n) is 4.22. The number of hydrogen-bond acceptors (Lipinski definition) is 2. The van der Waals surface area contributed by atoms with E-state index in [9.17, 15) is 0 Å². The van der Waals surface area contributed by atoms with E-state index in [2.05, 4.69) is 11.4 Å². The monoisotopic (exact) mass is 226 g/mol. The summed E-state index contributed by atoms with van der Waals surface area (Å²) in [6.45, 7) is 2.11. The van der Waals surface area contributed by atoms with Crippen LogP contribution in [0.1, 0.15) is 36.8 Å². The molecule has 2 aliphatic rings. The van der Waals surface area contributed by atoms with Crippen LogP contribution in [0.3, 0.4) is 0 Å². The third-order valence-corrected chi connectivity index (χ3v) is 4.22. The van der Waals surface area contributed by atoms with E-state index in [0.717, 1.165) is 18.0 Å². The average Bonchev–Trinajstić information content (AvgIpc) is 3.23. The number of hydrogen-bond donors (Lipinski definition) is 1. The highest BCUT2D eigenvalue weighted by Gasteiger charge is 2.53. The molecule has 1 aromatic rings. The van der Waals surface area contributed by atoms with Crippen molar-refractivity contribution >= 4 is 0 Å². The van der Waals surface area contributed by atoms with Crippen molar-refractivity contribution < 1.29 is 0 Å². The summed E-state index contributed by atoms with van der Waals surface area (Å²) in [6.07, 6.45) is 5.77. The van der Waals surface area contributed by atoms with Gasteiger partial charge in [0.25, 0.3) is 0 Å². The van der Waals surface area contributed by atoms with Gasteiger partial charge >= 0.3 is 0 Å². The van der Waals surface area contributed by atoms with Gasteiger partial charge in [0.15, 0.2) is 0 Å². The van der Waals surface area contributed by atoms with Gasteiger partial charge in [-0.3, -0.25) is 0 Å². The van der Waals surface area contributed by atoms with E-state index in [1.165, 1.54) is 37.8 Å². The van der Waals surface area contributed by atoms with Crippen LogP contribution in [0, 0.1) is 22.7 Å². The smallest absolute Gasteiger partial charge is 0.0991 e. The minimum Gasteiger partial charge on any atom is -0.312 e. The van der Waals surface area contributed by atoms with Gasteiger partial charge < -0.3 is 5.32 Å².